The van der Waals surface area contributed by atoms with Crippen LogP contribution in [0.1, 0.15) is 29.1 Å². The highest BCUT2D eigenvalue weighted by molar-refractivity contribution is 5.89. The molecule has 0 aliphatic carbocycles. The summed E-state index contributed by atoms with van der Waals surface area (Å²) in [7, 11) is 0. The molecule has 1 aromatic heterocycles. The molecule has 0 aromatic carbocycles. The van der Waals surface area contributed by atoms with Crippen molar-refractivity contribution in [2.45, 2.75) is 13.0 Å². The SMILES string of the molecule is CCOC(=O)c1ccnc(C2COCCO2)c1. The minimum absolute atomic E-state index is 0.196. The van der Waals surface area contributed by atoms with Gasteiger partial charge in [-0.15, -0.1) is 0 Å². The average molecular weight is 237 g/mol. The maximum Gasteiger partial charge on any atom is 0.338 e. The minimum atomic E-state index is -0.340. The quantitative estimate of drug-likeness (QED) is 0.743. The molecular weight excluding hydrogens is 222 g/mol. The second-order valence-corrected chi connectivity index (χ2v) is 3.62. The van der Waals surface area contributed by atoms with Crippen LogP contribution >= 0.6 is 0 Å². The number of hydrogen-bond donors (Lipinski definition) is 0. The van der Waals surface area contributed by atoms with Gasteiger partial charge in [-0.1, -0.05) is 0 Å². The highest BCUT2D eigenvalue weighted by Crippen LogP contribution is 2.19. The van der Waals surface area contributed by atoms with Crippen LogP contribution in [-0.2, 0) is 14.2 Å². The van der Waals surface area contributed by atoms with Crippen molar-refractivity contribution >= 4 is 5.97 Å². The fourth-order valence-electron chi connectivity index (χ4n) is 1.62. The zero-order valence-electron chi connectivity index (χ0n) is 9.72. The summed E-state index contributed by atoms with van der Waals surface area (Å²) in [5.74, 6) is -0.340. The van der Waals surface area contributed by atoms with E-state index in [1.165, 1.54) is 0 Å². The Morgan fingerprint density at radius 1 is 1.59 bits per heavy atom. The molecule has 0 saturated carbocycles. The number of aromatic nitrogens is 1. The Bertz CT molecular complexity index is 388. The third kappa shape index (κ3) is 3.01. The highest BCUT2D eigenvalue weighted by atomic mass is 16.6. The van der Waals surface area contributed by atoms with Crippen LogP contribution < -0.4 is 0 Å². The number of carbonyl (C=O) groups is 1. The molecule has 1 aliphatic heterocycles. The number of pyridine rings is 1. The van der Waals surface area contributed by atoms with Crippen LogP contribution in [0, 0.1) is 0 Å². The van der Waals surface area contributed by atoms with E-state index in [1.54, 1.807) is 25.3 Å². The van der Waals surface area contributed by atoms with Gasteiger partial charge in [0, 0.05) is 6.20 Å². The van der Waals surface area contributed by atoms with Gasteiger partial charge in [-0.25, -0.2) is 4.79 Å². The van der Waals surface area contributed by atoms with Crippen LogP contribution in [0.2, 0.25) is 0 Å². The molecule has 2 heterocycles. The van der Waals surface area contributed by atoms with E-state index < -0.39 is 0 Å². The fourth-order valence-corrected chi connectivity index (χ4v) is 1.62. The summed E-state index contributed by atoms with van der Waals surface area (Å²) in [6.07, 6.45) is 1.39. The van der Waals surface area contributed by atoms with Crippen LogP contribution in [0.3, 0.4) is 0 Å². The molecule has 1 aliphatic rings. The third-order valence-corrected chi connectivity index (χ3v) is 2.44. The standard InChI is InChI=1S/C12H15NO4/c1-2-16-12(14)9-3-4-13-10(7-9)11-8-15-5-6-17-11/h3-4,7,11H,2,5-6,8H2,1H3. The Morgan fingerprint density at radius 2 is 2.47 bits per heavy atom. The predicted octanol–water partition coefficient (Wildman–Crippen LogP) is 1.35. The first-order valence-electron chi connectivity index (χ1n) is 5.63. The third-order valence-electron chi connectivity index (χ3n) is 2.44. The molecule has 0 bridgehead atoms. The normalized spacial score (nSPS) is 19.9. The molecule has 5 nitrogen and oxygen atoms in total. The number of esters is 1. The number of hydrogen-bond acceptors (Lipinski definition) is 5. The lowest BCUT2D eigenvalue weighted by molar-refractivity contribution is -0.0917. The van der Waals surface area contributed by atoms with Gasteiger partial charge < -0.3 is 14.2 Å². The van der Waals surface area contributed by atoms with E-state index >= 15 is 0 Å². The molecule has 1 saturated heterocycles. The summed E-state index contributed by atoms with van der Waals surface area (Å²) in [4.78, 5) is 15.8. The van der Waals surface area contributed by atoms with Crippen molar-refractivity contribution in [2.24, 2.45) is 0 Å². The van der Waals surface area contributed by atoms with Crippen molar-refractivity contribution in [3.8, 4) is 0 Å². The first kappa shape index (κ1) is 12.0. The molecule has 1 unspecified atom stereocenters. The van der Waals surface area contributed by atoms with Crippen molar-refractivity contribution in [1.82, 2.24) is 4.98 Å². The molecule has 1 atom stereocenters. The lowest BCUT2D eigenvalue weighted by Crippen LogP contribution is -2.23. The summed E-state index contributed by atoms with van der Waals surface area (Å²) in [6.45, 7) is 3.76. The van der Waals surface area contributed by atoms with Crippen molar-refractivity contribution in [3.05, 3.63) is 29.6 Å². The van der Waals surface area contributed by atoms with Gasteiger partial charge in [0.05, 0.1) is 37.7 Å². The Kier molecular flexibility index (Phi) is 4.06. The van der Waals surface area contributed by atoms with Gasteiger partial charge in [-0.2, -0.15) is 0 Å². The van der Waals surface area contributed by atoms with Crippen LogP contribution in [0.5, 0.6) is 0 Å². The molecule has 92 valence electrons. The number of nitrogens with zero attached hydrogens (tertiary/aromatic N) is 1. The smallest absolute Gasteiger partial charge is 0.338 e. The Hall–Kier alpha value is -1.46. The molecule has 0 N–H and O–H groups in total. The summed E-state index contributed by atoms with van der Waals surface area (Å²) < 4.78 is 15.8. The number of rotatable bonds is 3. The lowest BCUT2D eigenvalue weighted by atomic mass is 10.1. The van der Waals surface area contributed by atoms with Crippen molar-refractivity contribution in [2.75, 3.05) is 26.4 Å². The molecule has 5 heteroatoms. The second-order valence-electron chi connectivity index (χ2n) is 3.62. The second kappa shape index (κ2) is 5.75. The lowest BCUT2D eigenvalue weighted by Gasteiger charge is -2.22. The molecule has 17 heavy (non-hydrogen) atoms. The van der Waals surface area contributed by atoms with Gasteiger partial charge in [0.2, 0.25) is 0 Å². The van der Waals surface area contributed by atoms with Crippen molar-refractivity contribution < 1.29 is 19.0 Å². The number of ether oxygens (including phenoxy) is 3. The van der Waals surface area contributed by atoms with Crippen LogP contribution in [0.15, 0.2) is 18.3 Å². The van der Waals surface area contributed by atoms with Crippen LogP contribution in [0.25, 0.3) is 0 Å². The summed E-state index contributed by atoms with van der Waals surface area (Å²) in [6, 6.07) is 3.32. The minimum Gasteiger partial charge on any atom is -0.462 e. The van der Waals surface area contributed by atoms with E-state index in [1.807, 2.05) is 0 Å². The van der Waals surface area contributed by atoms with Gasteiger partial charge in [-0.05, 0) is 19.1 Å². The number of carbonyl (C=O) groups excluding carboxylic acids is 1. The van der Waals surface area contributed by atoms with Crippen LogP contribution in [-0.4, -0.2) is 37.4 Å². The van der Waals surface area contributed by atoms with Crippen molar-refractivity contribution in [3.63, 3.8) is 0 Å². The van der Waals surface area contributed by atoms with Gasteiger partial charge in [-0.3, -0.25) is 4.98 Å². The van der Waals surface area contributed by atoms with E-state index in [0.717, 1.165) is 0 Å². The topological polar surface area (TPSA) is 57.7 Å². The summed E-state index contributed by atoms with van der Waals surface area (Å²) in [5.41, 5.74) is 1.20. The maximum absolute atomic E-state index is 11.6. The zero-order chi connectivity index (χ0) is 12.1. The summed E-state index contributed by atoms with van der Waals surface area (Å²) in [5, 5.41) is 0. The summed E-state index contributed by atoms with van der Waals surface area (Å²) >= 11 is 0. The van der Waals surface area contributed by atoms with Crippen molar-refractivity contribution in [1.29, 1.82) is 0 Å². The Labute approximate surface area is 99.7 Å². The predicted molar refractivity (Wildman–Crippen MR) is 59.7 cm³/mol. The van der Waals surface area contributed by atoms with Crippen LogP contribution in [0.4, 0.5) is 0 Å². The maximum atomic E-state index is 11.6. The molecule has 0 amide bonds. The Morgan fingerprint density at radius 3 is 3.18 bits per heavy atom. The van der Waals surface area contributed by atoms with Gasteiger partial charge in [0.15, 0.2) is 0 Å². The van der Waals surface area contributed by atoms with Gasteiger partial charge in [0.25, 0.3) is 0 Å². The van der Waals surface area contributed by atoms with E-state index in [0.29, 0.717) is 37.7 Å². The zero-order valence-corrected chi connectivity index (χ0v) is 9.72. The van der Waals surface area contributed by atoms with E-state index in [-0.39, 0.29) is 12.1 Å². The molecule has 1 aromatic rings. The van der Waals surface area contributed by atoms with Gasteiger partial charge >= 0.3 is 5.97 Å². The largest absolute Gasteiger partial charge is 0.462 e. The molecule has 0 spiro atoms. The van der Waals surface area contributed by atoms with Gasteiger partial charge in [0.1, 0.15) is 6.10 Å². The first-order valence-corrected chi connectivity index (χ1v) is 5.63. The first-order chi connectivity index (χ1) is 8.31. The fraction of sp³-hybridized carbons (Fsp3) is 0.500. The monoisotopic (exact) mass is 237 g/mol. The van der Waals surface area contributed by atoms with E-state index in [2.05, 4.69) is 4.98 Å². The average Bonchev–Trinajstić information content (AvgIpc) is 2.40. The molecule has 2 rings (SSSR count). The molecule has 1 fully saturated rings. The molecule has 0 radical (unpaired) electrons. The molecular formula is C12H15NO4. The highest BCUT2D eigenvalue weighted by Gasteiger charge is 2.19. The van der Waals surface area contributed by atoms with E-state index in [9.17, 15) is 4.79 Å². The van der Waals surface area contributed by atoms with E-state index in [4.69, 9.17) is 14.2 Å². The Balaban J connectivity index is 2.12.